The number of carboxylic acids is 1. The van der Waals surface area contributed by atoms with E-state index in [0.29, 0.717) is 5.69 Å². The van der Waals surface area contributed by atoms with Crippen molar-refractivity contribution in [3.63, 3.8) is 0 Å². The molecule has 0 radical (unpaired) electrons. The molecule has 7 nitrogen and oxygen atoms in total. The van der Waals surface area contributed by atoms with Gasteiger partial charge in [-0.3, -0.25) is 4.79 Å². The number of hydrogen-bond donors (Lipinski definition) is 2. The number of carboxylic acid groups (broad SMARTS) is 1. The predicted octanol–water partition coefficient (Wildman–Crippen LogP) is 0.619. The predicted molar refractivity (Wildman–Crippen MR) is 73.2 cm³/mol. The summed E-state index contributed by atoms with van der Waals surface area (Å²) in [7, 11) is -4.65. The maximum Gasteiger partial charge on any atom is 0.335 e. The minimum Gasteiger partial charge on any atom is -0.478 e. The van der Waals surface area contributed by atoms with Crippen LogP contribution in [0, 0.1) is 5.92 Å². The lowest BCUT2D eigenvalue weighted by atomic mass is 10.1. The van der Waals surface area contributed by atoms with Gasteiger partial charge in [0.2, 0.25) is 5.91 Å². The standard InChI is InChI=1S/C12H13FN2O5S/c13-21(19,20)6-7-3-11(16)15(5-7)10-2-1-8(12(17)18)4-9(10)14/h1-2,4,7H,3,5-6,14H2,(H,17,18). The zero-order valence-electron chi connectivity index (χ0n) is 10.8. The minimum atomic E-state index is -4.65. The summed E-state index contributed by atoms with van der Waals surface area (Å²) >= 11 is 0. The van der Waals surface area contributed by atoms with Gasteiger partial charge in [0.15, 0.2) is 0 Å². The molecule has 1 atom stereocenters. The molecule has 2 rings (SSSR count). The Morgan fingerprint density at radius 2 is 2.14 bits per heavy atom. The van der Waals surface area contributed by atoms with Crippen molar-refractivity contribution in [2.45, 2.75) is 6.42 Å². The van der Waals surface area contributed by atoms with Crippen molar-refractivity contribution in [1.82, 2.24) is 0 Å². The molecule has 0 bridgehead atoms. The fourth-order valence-electron chi connectivity index (χ4n) is 2.34. The van der Waals surface area contributed by atoms with E-state index in [9.17, 15) is 21.9 Å². The molecule has 3 N–H and O–H groups in total. The zero-order chi connectivity index (χ0) is 15.8. The molecule has 1 heterocycles. The number of benzene rings is 1. The summed E-state index contributed by atoms with van der Waals surface area (Å²) < 4.78 is 33.9. The van der Waals surface area contributed by atoms with Gasteiger partial charge in [-0.05, 0) is 18.2 Å². The van der Waals surface area contributed by atoms with Crippen LogP contribution in [0.3, 0.4) is 0 Å². The number of carbonyl (C=O) groups is 2. The lowest BCUT2D eigenvalue weighted by Crippen LogP contribution is -2.26. The van der Waals surface area contributed by atoms with E-state index >= 15 is 0 Å². The van der Waals surface area contributed by atoms with E-state index < -0.39 is 27.9 Å². The number of halogens is 1. The Hall–Kier alpha value is -2.16. The van der Waals surface area contributed by atoms with Crippen LogP contribution in [0.4, 0.5) is 15.3 Å². The van der Waals surface area contributed by atoms with Gasteiger partial charge in [-0.15, -0.1) is 3.89 Å². The Balaban J connectivity index is 2.23. The second-order valence-corrected chi connectivity index (χ2v) is 6.27. The maximum atomic E-state index is 12.7. The number of nitrogen functional groups attached to an aromatic ring is 1. The van der Waals surface area contributed by atoms with Gasteiger partial charge < -0.3 is 15.7 Å². The normalized spacial score (nSPS) is 19.0. The molecule has 0 aromatic heterocycles. The van der Waals surface area contributed by atoms with Crippen LogP contribution in [0.2, 0.25) is 0 Å². The van der Waals surface area contributed by atoms with Crippen LogP contribution in [0.15, 0.2) is 18.2 Å². The number of amides is 1. The summed E-state index contributed by atoms with van der Waals surface area (Å²) in [6, 6.07) is 3.88. The van der Waals surface area contributed by atoms with Gasteiger partial charge in [0.25, 0.3) is 0 Å². The van der Waals surface area contributed by atoms with Crippen molar-refractivity contribution in [1.29, 1.82) is 0 Å². The Bertz CT molecular complexity index is 704. The highest BCUT2D eigenvalue weighted by atomic mass is 32.3. The van der Waals surface area contributed by atoms with Crippen LogP contribution in [-0.2, 0) is 15.0 Å². The largest absolute Gasteiger partial charge is 0.478 e. The number of anilines is 2. The average Bonchev–Trinajstić information content (AvgIpc) is 2.67. The average molecular weight is 316 g/mol. The molecule has 0 saturated carbocycles. The van der Waals surface area contributed by atoms with Gasteiger partial charge in [0.05, 0.1) is 22.7 Å². The van der Waals surface area contributed by atoms with Crippen LogP contribution in [0.5, 0.6) is 0 Å². The highest BCUT2D eigenvalue weighted by Gasteiger charge is 2.34. The molecule has 1 aromatic rings. The van der Waals surface area contributed by atoms with Crippen molar-refractivity contribution in [3.05, 3.63) is 23.8 Å². The SMILES string of the molecule is Nc1cc(C(=O)O)ccc1N1CC(CS(=O)(=O)F)CC1=O. The van der Waals surface area contributed by atoms with Crippen LogP contribution < -0.4 is 10.6 Å². The molecule has 114 valence electrons. The summed E-state index contributed by atoms with van der Waals surface area (Å²) in [6.07, 6.45) is -0.0940. The molecule has 1 aliphatic rings. The molecule has 1 saturated heterocycles. The Kier molecular flexibility index (Phi) is 3.86. The van der Waals surface area contributed by atoms with Crippen molar-refractivity contribution in [2.24, 2.45) is 5.92 Å². The van der Waals surface area contributed by atoms with Crippen molar-refractivity contribution in [2.75, 3.05) is 22.9 Å². The molecule has 1 fully saturated rings. The van der Waals surface area contributed by atoms with E-state index in [2.05, 4.69) is 0 Å². The van der Waals surface area contributed by atoms with Crippen LogP contribution in [0.25, 0.3) is 0 Å². The molecule has 1 amide bonds. The molecule has 9 heteroatoms. The number of nitrogens with zero attached hydrogens (tertiary/aromatic N) is 1. The smallest absolute Gasteiger partial charge is 0.335 e. The lowest BCUT2D eigenvalue weighted by Gasteiger charge is -2.18. The molecular formula is C12H13FN2O5S. The third-order valence-electron chi connectivity index (χ3n) is 3.21. The molecule has 1 aromatic carbocycles. The topological polar surface area (TPSA) is 118 Å². The van der Waals surface area contributed by atoms with E-state index in [4.69, 9.17) is 10.8 Å². The van der Waals surface area contributed by atoms with Crippen LogP contribution >= 0.6 is 0 Å². The first-order valence-electron chi connectivity index (χ1n) is 6.03. The fraction of sp³-hybridized carbons (Fsp3) is 0.333. The summed E-state index contributed by atoms with van der Waals surface area (Å²) in [6.45, 7) is 0.0264. The first-order chi connectivity index (χ1) is 9.67. The second kappa shape index (κ2) is 5.32. The third-order valence-corrected chi connectivity index (χ3v) is 4.07. The van der Waals surface area contributed by atoms with E-state index in [-0.39, 0.29) is 30.1 Å². The molecule has 0 spiro atoms. The van der Waals surface area contributed by atoms with E-state index in [1.807, 2.05) is 0 Å². The Labute approximate surface area is 120 Å². The molecule has 1 unspecified atom stereocenters. The highest BCUT2D eigenvalue weighted by molar-refractivity contribution is 7.86. The fourth-order valence-corrected chi connectivity index (χ4v) is 3.13. The number of hydrogen-bond acceptors (Lipinski definition) is 5. The molecule has 0 aliphatic carbocycles. The van der Waals surface area contributed by atoms with Gasteiger partial charge in [0, 0.05) is 18.9 Å². The van der Waals surface area contributed by atoms with Gasteiger partial charge in [-0.25, -0.2) is 4.79 Å². The minimum absolute atomic E-state index is 0.0224. The van der Waals surface area contributed by atoms with Gasteiger partial charge in [-0.1, -0.05) is 0 Å². The summed E-state index contributed by atoms with van der Waals surface area (Å²) in [5.74, 6) is -2.89. The van der Waals surface area contributed by atoms with Crippen molar-refractivity contribution >= 4 is 33.5 Å². The summed E-state index contributed by atoms with van der Waals surface area (Å²) in [5.41, 5.74) is 6.09. The van der Waals surface area contributed by atoms with Gasteiger partial charge in [-0.2, -0.15) is 8.42 Å². The van der Waals surface area contributed by atoms with E-state index in [0.717, 1.165) is 0 Å². The number of carbonyl (C=O) groups excluding carboxylic acids is 1. The van der Waals surface area contributed by atoms with Crippen molar-refractivity contribution in [3.8, 4) is 0 Å². The zero-order valence-corrected chi connectivity index (χ0v) is 11.6. The maximum absolute atomic E-state index is 12.7. The Morgan fingerprint density at radius 1 is 1.48 bits per heavy atom. The number of aromatic carboxylic acids is 1. The second-order valence-electron chi connectivity index (χ2n) is 4.86. The summed E-state index contributed by atoms with van der Waals surface area (Å²) in [4.78, 5) is 23.9. The molecule has 1 aliphatic heterocycles. The number of rotatable bonds is 4. The van der Waals surface area contributed by atoms with Crippen molar-refractivity contribution < 1.29 is 27.0 Å². The highest BCUT2D eigenvalue weighted by Crippen LogP contribution is 2.31. The van der Waals surface area contributed by atoms with Gasteiger partial charge >= 0.3 is 16.2 Å². The Morgan fingerprint density at radius 3 is 2.67 bits per heavy atom. The van der Waals surface area contributed by atoms with Crippen LogP contribution in [-0.4, -0.2) is 37.7 Å². The van der Waals surface area contributed by atoms with E-state index in [1.54, 1.807) is 0 Å². The third kappa shape index (κ3) is 3.48. The summed E-state index contributed by atoms with van der Waals surface area (Å²) in [5, 5.41) is 8.84. The first kappa shape index (κ1) is 15.2. The van der Waals surface area contributed by atoms with Crippen LogP contribution in [0.1, 0.15) is 16.8 Å². The number of nitrogens with two attached hydrogens (primary N) is 1. The monoisotopic (exact) mass is 316 g/mol. The first-order valence-corrected chi connectivity index (χ1v) is 7.58. The lowest BCUT2D eigenvalue weighted by molar-refractivity contribution is -0.117. The molecule has 21 heavy (non-hydrogen) atoms. The van der Waals surface area contributed by atoms with Gasteiger partial charge in [0.1, 0.15) is 0 Å². The molecular weight excluding hydrogens is 303 g/mol. The van der Waals surface area contributed by atoms with E-state index in [1.165, 1.54) is 23.1 Å². The quantitative estimate of drug-likeness (QED) is 0.621.